The van der Waals surface area contributed by atoms with Crippen molar-refractivity contribution < 1.29 is 18.4 Å². The fraction of sp³-hybridized carbons (Fsp3) is 0.286. The second kappa shape index (κ2) is 7.90. The van der Waals surface area contributed by atoms with Crippen molar-refractivity contribution in [3.05, 3.63) is 71.3 Å². The Balaban J connectivity index is 1.53. The van der Waals surface area contributed by atoms with Gasteiger partial charge in [-0.15, -0.1) is 0 Å². The molecule has 0 radical (unpaired) electrons. The van der Waals surface area contributed by atoms with Crippen LogP contribution in [0.2, 0.25) is 0 Å². The van der Waals surface area contributed by atoms with Crippen molar-refractivity contribution in [3.8, 4) is 11.5 Å². The fourth-order valence-electron chi connectivity index (χ4n) is 3.33. The van der Waals surface area contributed by atoms with E-state index in [-0.39, 0.29) is 23.9 Å². The molecule has 3 aromatic rings. The number of nitrogens with zero attached hydrogens (tertiary/aromatic N) is 2. The summed E-state index contributed by atoms with van der Waals surface area (Å²) in [7, 11) is 0. The minimum atomic E-state index is -0.339. The van der Waals surface area contributed by atoms with Crippen LogP contribution in [-0.4, -0.2) is 28.8 Å². The van der Waals surface area contributed by atoms with Crippen LogP contribution in [0.15, 0.2) is 53.1 Å². The van der Waals surface area contributed by atoms with Crippen LogP contribution in [0, 0.1) is 12.7 Å². The molecule has 28 heavy (non-hydrogen) atoms. The number of hydrogen-bond acceptors (Lipinski definition) is 5. The molecule has 144 valence electrons. The van der Waals surface area contributed by atoms with Gasteiger partial charge in [-0.1, -0.05) is 17.3 Å². The highest BCUT2D eigenvalue weighted by Gasteiger charge is 2.29. The van der Waals surface area contributed by atoms with E-state index in [9.17, 15) is 9.18 Å². The zero-order valence-electron chi connectivity index (χ0n) is 15.4. The summed E-state index contributed by atoms with van der Waals surface area (Å²) in [4.78, 5) is 17.0. The van der Waals surface area contributed by atoms with Gasteiger partial charge in [0.25, 0.3) is 11.8 Å². The van der Waals surface area contributed by atoms with Gasteiger partial charge < -0.3 is 14.6 Å². The van der Waals surface area contributed by atoms with Gasteiger partial charge in [0.05, 0.1) is 12.1 Å². The first-order valence-corrected chi connectivity index (χ1v) is 9.19. The van der Waals surface area contributed by atoms with Crippen LogP contribution in [0.1, 0.15) is 40.6 Å². The van der Waals surface area contributed by atoms with Crippen LogP contribution in [0.4, 0.5) is 4.39 Å². The quantitative estimate of drug-likeness (QED) is 0.727. The molecule has 2 heterocycles. The van der Waals surface area contributed by atoms with Crippen LogP contribution < -0.4 is 5.32 Å². The monoisotopic (exact) mass is 381 g/mol. The molecule has 0 bridgehead atoms. The maximum Gasteiger partial charge on any atom is 0.257 e. The van der Waals surface area contributed by atoms with E-state index in [0.29, 0.717) is 23.9 Å². The molecule has 4 rings (SSSR count). The number of rotatable bonds is 5. The van der Waals surface area contributed by atoms with E-state index in [2.05, 4.69) is 15.5 Å². The lowest BCUT2D eigenvalue weighted by molar-refractivity contribution is 0.0672. The normalized spacial score (nSPS) is 17.4. The first-order chi connectivity index (χ1) is 13.6. The van der Waals surface area contributed by atoms with E-state index in [4.69, 9.17) is 9.26 Å². The zero-order valence-corrected chi connectivity index (χ0v) is 15.4. The van der Waals surface area contributed by atoms with Crippen molar-refractivity contribution in [2.45, 2.75) is 31.9 Å². The molecule has 1 fully saturated rings. The van der Waals surface area contributed by atoms with Crippen LogP contribution in [-0.2, 0) is 4.74 Å². The molecule has 1 aromatic heterocycles. The Labute approximate surface area is 161 Å². The van der Waals surface area contributed by atoms with E-state index in [1.807, 2.05) is 0 Å². The molecule has 1 aliphatic heterocycles. The third kappa shape index (κ3) is 3.94. The smallest absolute Gasteiger partial charge is 0.257 e. The number of aromatic nitrogens is 2. The van der Waals surface area contributed by atoms with E-state index in [1.165, 1.54) is 12.1 Å². The standard InChI is InChI=1S/C21H20FN3O3/c1-13-23-21(28-25-13)16-6-4-15(5-7-16)20(26)24-19(18-3-2-12-27-18)14-8-10-17(22)11-9-14/h4-11,18-19H,2-3,12H2,1H3,(H,24,26)/t18-,19+/m1/s1. The summed E-state index contributed by atoms with van der Waals surface area (Å²) >= 11 is 0. The third-order valence-corrected chi connectivity index (χ3v) is 4.77. The largest absolute Gasteiger partial charge is 0.376 e. The Bertz CT molecular complexity index is 948. The van der Waals surface area contributed by atoms with Crippen molar-refractivity contribution >= 4 is 5.91 Å². The number of ether oxygens (including phenoxy) is 1. The number of benzene rings is 2. The van der Waals surface area contributed by atoms with Gasteiger partial charge in [-0.3, -0.25) is 4.79 Å². The van der Waals surface area contributed by atoms with Crippen molar-refractivity contribution in [1.82, 2.24) is 15.5 Å². The summed E-state index contributed by atoms with van der Waals surface area (Å²) in [6, 6.07) is 12.8. The number of nitrogens with one attached hydrogen (secondary N) is 1. The number of hydrogen-bond donors (Lipinski definition) is 1. The molecule has 1 amide bonds. The Morgan fingerprint density at radius 3 is 2.54 bits per heavy atom. The number of amides is 1. The minimum absolute atomic E-state index is 0.130. The molecule has 1 saturated heterocycles. The fourth-order valence-corrected chi connectivity index (χ4v) is 3.33. The average Bonchev–Trinajstić information content (AvgIpc) is 3.39. The maximum atomic E-state index is 13.3. The first kappa shape index (κ1) is 18.3. The van der Waals surface area contributed by atoms with Gasteiger partial charge in [0, 0.05) is 17.7 Å². The summed E-state index contributed by atoms with van der Waals surface area (Å²) in [5, 5.41) is 6.80. The molecule has 2 atom stereocenters. The molecule has 7 heteroatoms. The van der Waals surface area contributed by atoms with Gasteiger partial charge in [0.1, 0.15) is 5.82 Å². The van der Waals surface area contributed by atoms with Crippen molar-refractivity contribution in [3.63, 3.8) is 0 Å². The number of carbonyl (C=O) groups excluding carboxylic acids is 1. The predicted molar refractivity (Wildman–Crippen MR) is 100 cm³/mol. The van der Waals surface area contributed by atoms with E-state index in [1.54, 1.807) is 43.3 Å². The van der Waals surface area contributed by atoms with Gasteiger partial charge >= 0.3 is 0 Å². The molecule has 0 saturated carbocycles. The van der Waals surface area contributed by atoms with Crippen molar-refractivity contribution in [2.75, 3.05) is 6.61 Å². The number of halogens is 1. The lowest BCUT2D eigenvalue weighted by Crippen LogP contribution is -2.36. The highest BCUT2D eigenvalue weighted by Crippen LogP contribution is 2.28. The van der Waals surface area contributed by atoms with E-state index in [0.717, 1.165) is 24.0 Å². The van der Waals surface area contributed by atoms with E-state index < -0.39 is 0 Å². The molecular formula is C21H20FN3O3. The van der Waals surface area contributed by atoms with Gasteiger partial charge in [-0.2, -0.15) is 4.98 Å². The summed E-state index contributed by atoms with van der Waals surface area (Å²) in [5.74, 6) is 0.426. The summed E-state index contributed by atoms with van der Waals surface area (Å²) in [5.41, 5.74) is 2.07. The topological polar surface area (TPSA) is 77.2 Å². The maximum absolute atomic E-state index is 13.3. The van der Waals surface area contributed by atoms with Gasteiger partial charge in [-0.05, 0) is 61.7 Å². The molecule has 0 spiro atoms. The summed E-state index contributed by atoms with van der Waals surface area (Å²) in [6.07, 6.45) is 1.66. The Morgan fingerprint density at radius 2 is 1.93 bits per heavy atom. The van der Waals surface area contributed by atoms with Crippen molar-refractivity contribution in [1.29, 1.82) is 0 Å². The Hall–Kier alpha value is -3.06. The van der Waals surface area contributed by atoms with Crippen LogP contribution >= 0.6 is 0 Å². The SMILES string of the molecule is Cc1noc(-c2ccc(C(=O)N[C@@H](c3ccc(F)cc3)[C@H]3CCCO3)cc2)n1. The Morgan fingerprint density at radius 1 is 1.18 bits per heavy atom. The molecule has 0 unspecified atom stereocenters. The van der Waals surface area contributed by atoms with Gasteiger partial charge in [-0.25, -0.2) is 4.39 Å². The lowest BCUT2D eigenvalue weighted by atomic mass is 9.98. The molecule has 6 nitrogen and oxygen atoms in total. The van der Waals surface area contributed by atoms with E-state index >= 15 is 0 Å². The third-order valence-electron chi connectivity index (χ3n) is 4.77. The van der Waals surface area contributed by atoms with Crippen LogP contribution in [0.3, 0.4) is 0 Å². The average molecular weight is 381 g/mol. The molecular weight excluding hydrogens is 361 g/mol. The number of carbonyl (C=O) groups is 1. The zero-order chi connectivity index (χ0) is 19.5. The predicted octanol–water partition coefficient (Wildman–Crippen LogP) is 3.83. The highest BCUT2D eigenvalue weighted by atomic mass is 19.1. The lowest BCUT2D eigenvalue weighted by Gasteiger charge is -2.25. The first-order valence-electron chi connectivity index (χ1n) is 9.19. The van der Waals surface area contributed by atoms with Crippen LogP contribution in [0.25, 0.3) is 11.5 Å². The van der Waals surface area contributed by atoms with Gasteiger partial charge in [0.2, 0.25) is 0 Å². The summed E-state index contributed by atoms with van der Waals surface area (Å²) < 4.78 is 24.2. The van der Waals surface area contributed by atoms with Crippen molar-refractivity contribution in [2.24, 2.45) is 0 Å². The van der Waals surface area contributed by atoms with Gasteiger partial charge in [0.15, 0.2) is 5.82 Å². The number of aryl methyl sites for hydroxylation is 1. The summed E-state index contributed by atoms with van der Waals surface area (Å²) in [6.45, 7) is 2.41. The molecule has 2 aromatic carbocycles. The minimum Gasteiger partial charge on any atom is -0.376 e. The Kier molecular flexibility index (Phi) is 5.16. The van der Waals surface area contributed by atoms with Crippen LogP contribution in [0.5, 0.6) is 0 Å². The highest BCUT2D eigenvalue weighted by molar-refractivity contribution is 5.94. The molecule has 1 N–H and O–H groups in total. The molecule has 1 aliphatic rings. The second-order valence-electron chi connectivity index (χ2n) is 6.78. The molecule has 0 aliphatic carbocycles. The second-order valence-corrected chi connectivity index (χ2v) is 6.78.